The van der Waals surface area contributed by atoms with Gasteiger partial charge < -0.3 is 9.84 Å². The number of carboxylic acids is 1. The number of sulfonamides is 1. The molecule has 8 nitrogen and oxygen atoms in total. The molecule has 0 bridgehead atoms. The Labute approximate surface area is 133 Å². The average molecular weight is 339 g/mol. The quantitative estimate of drug-likeness (QED) is 0.825. The van der Waals surface area contributed by atoms with Crippen LogP contribution in [0.15, 0.2) is 29.3 Å². The molecule has 2 rings (SSSR count). The zero-order valence-electron chi connectivity index (χ0n) is 12.9. The van der Waals surface area contributed by atoms with Crippen LogP contribution in [0.2, 0.25) is 0 Å². The van der Waals surface area contributed by atoms with Crippen LogP contribution in [0.1, 0.15) is 22.8 Å². The topological polar surface area (TPSA) is 111 Å². The average Bonchev–Trinajstić information content (AvgIpc) is 2.85. The Morgan fingerprint density at radius 1 is 1.43 bits per heavy atom. The van der Waals surface area contributed by atoms with Crippen molar-refractivity contribution in [2.45, 2.75) is 18.2 Å². The summed E-state index contributed by atoms with van der Waals surface area (Å²) in [4.78, 5) is 11.0. The number of methoxy groups -OCH3 is 1. The smallest absolute Gasteiger partial charge is 0.335 e. The fourth-order valence-electron chi connectivity index (χ4n) is 2.12. The molecule has 2 aromatic rings. The summed E-state index contributed by atoms with van der Waals surface area (Å²) in [6, 6.07) is 4.02. The van der Waals surface area contributed by atoms with E-state index in [1.165, 1.54) is 30.1 Å². The number of carbonyl (C=O) groups is 1. The van der Waals surface area contributed by atoms with E-state index < -0.39 is 16.0 Å². The Kier molecular flexibility index (Phi) is 4.60. The maximum atomic E-state index is 12.6. The first-order chi connectivity index (χ1) is 10.8. The van der Waals surface area contributed by atoms with Crippen LogP contribution in [0.5, 0.6) is 5.88 Å². The van der Waals surface area contributed by atoms with Gasteiger partial charge in [-0.2, -0.15) is 0 Å². The van der Waals surface area contributed by atoms with E-state index in [9.17, 15) is 13.2 Å². The summed E-state index contributed by atoms with van der Waals surface area (Å²) < 4.78 is 34.1. The van der Waals surface area contributed by atoms with Crippen molar-refractivity contribution in [3.63, 3.8) is 0 Å². The largest absolute Gasteiger partial charge is 0.478 e. The molecule has 0 unspecified atom stereocenters. The molecule has 0 saturated heterocycles. The first-order valence-corrected chi connectivity index (χ1v) is 8.23. The molecule has 0 aliphatic heterocycles. The first kappa shape index (κ1) is 16.8. The maximum Gasteiger partial charge on any atom is 0.335 e. The van der Waals surface area contributed by atoms with E-state index in [1.54, 1.807) is 14.0 Å². The van der Waals surface area contributed by atoms with E-state index in [0.29, 0.717) is 12.0 Å². The Morgan fingerprint density at radius 2 is 2.13 bits per heavy atom. The van der Waals surface area contributed by atoms with Crippen LogP contribution in [0.25, 0.3) is 0 Å². The van der Waals surface area contributed by atoms with Crippen molar-refractivity contribution < 1.29 is 23.1 Å². The minimum absolute atomic E-state index is 0.0780. The third-order valence-corrected chi connectivity index (χ3v) is 4.66. The van der Waals surface area contributed by atoms with Crippen LogP contribution in [-0.2, 0) is 23.5 Å². The van der Waals surface area contributed by atoms with E-state index >= 15 is 0 Å². The van der Waals surface area contributed by atoms with Crippen LogP contribution in [-0.4, -0.2) is 36.4 Å². The molecule has 124 valence electrons. The lowest BCUT2D eigenvalue weighted by Crippen LogP contribution is -2.16. The Balaban J connectivity index is 2.50. The van der Waals surface area contributed by atoms with Gasteiger partial charge in [0.05, 0.1) is 23.8 Å². The van der Waals surface area contributed by atoms with E-state index in [0.717, 1.165) is 6.07 Å². The standard InChI is InChI=1S/C14H17N3O5S/c1-4-9-5-6-10(14(18)19)7-12(9)23(20,21)16-11-8-17(2)15-13(11)22-3/h5-8,16H,4H2,1-3H3,(H,18,19). The monoisotopic (exact) mass is 339 g/mol. The van der Waals surface area contributed by atoms with Gasteiger partial charge in [-0.25, -0.2) is 13.2 Å². The van der Waals surface area contributed by atoms with Crippen molar-refractivity contribution in [1.82, 2.24) is 9.78 Å². The highest BCUT2D eigenvalue weighted by molar-refractivity contribution is 7.92. The SMILES string of the molecule is CCc1ccc(C(=O)O)cc1S(=O)(=O)Nc1cn(C)nc1OC. The summed E-state index contributed by atoms with van der Waals surface area (Å²) in [7, 11) is -0.973. The zero-order chi connectivity index (χ0) is 17.2. The number of aromatic nitrogens is 2. The van der Waals surface area contributed by atoms with E-state index in [1.807, 2.05) is 0 Å². The fraction of sp³-hybridized carbons (Fsp3) is 0.286. The van der Waals surface area contributed by atoms with Crippen LogP contribution in [0.4, 0.5) is 5.69 Å². The van der Waals surface area contributed by atoms with Gasteiger partial charge in [0.15, 0.2) is 0 Å². The number of hydrogen-bond donors (Lipinski definition) is 2. The van der Waals surface area contributed by atoms with Gasteiger partial charge in [-0.05, 0) is 24.1 Å². The normalized spacial score (nSPS) is 11.3. The zero-order valence-corrected chi connectivity index (χ0v) is 13.7. The Hall–Kier alpha value is -2.55. The lowest BCUT2D eigenvalue weighted by Gasteiger charge is -2.12. The van der Waals surface area contributed by atoms with Gasteiger partial charge in [0, 0.05) is 7.05 Å². The van der Waals surface area contributed by atoms with Gasteiger partial charge in [0.2, 0.25) is 0 Å². The number of aryl methyl sites for hydroxylation is 2. The summed E-state index contributed by atoms with van der Waals surface area (Å²) in [6.07, 6.45) is 1.91. The number of rotatable bonds is 6. The predicted octanol–water partition coefficient (Wildman–Crippen LogP) is 1.49. The second-order valence-electron chi connectivity index (χ2n) is 4.81. The van der Waals surface area contributed by atoms with E-state index in [-0.39, 0.29) is 22.0 Å². The molecule has 0 spiro atoms. The Bertz CT molecular complexity index is 842. The number of ether oxygens (including phenoxy) is 1. The molecular weight excluding hydrogens is 322 g/mol. The minimum Gasteiger partial charge on any atom is -0.478 e. The Morgan fingerprint density at radius 3 is 2.70 bits per heavy atom. The summed E-state index contributed by atoms with van der Waals surface area (Å²) in [5, 5.41) is 13.0. The van der Waals surface area contributed by atoms with Gasteiger partial charge in [-0.1, -0.05) is 13.0 Å². The fourth-order valence-corrected chi connectivity index (χ4v) is 3.50. The van der Waals surface area contributed by atoms with Crippen LogP contribution in [0.3, 0.4) is 0 Å². The maximum absolute atomic E-state index is 12.6. The molecule has 0 atom stereocenters. The molecule has 2 N–H and O–H groups in total. The lowest BCUT2D eigenvalue weighted by atomic mass is 10.1. The second-order valence-corrected chi connectivity index (χ2v) is 6.46. The highest BCUT2D eigenvalue weighted by Gasteiger charge is 2.22. The van der Waals surface area contributed by atoms with Gasteiger partial charge in [-0.3, -0.25) is 9.40 Å². The molecule has 0 aliphatic rings. The van der Waals surface area contributed by atoms with Crippen molar-refractivity contribution in [2.75, 3.05) is 11.8 Å². The molecule has 0 aliphatic carbocycles. The van der Waals surface area contributed by atoms with E-state index in [2.05, 4.69) is 9.82 Å². The molecule has 0 fully saturated rings. The third kappa shape index (κ3) is 3.45. The summed E-state index contributed by atoms with van der Waals surface area (Å²) >= 11 is 0. The molecular formula is C14H17N3O5S. The van der Waals surface area contributed by atoms with Crippen molar-refractivity contribution in [3.8, 4) is 5.88 Å². The van der Waals surface area contributed by atoms with Crippen molar-refractivity contribution in [1.29, 1.82) is 0 Å². The highest BCUT2D eigenvalue weighted by atomic mass is 32.2. The molecule has 0 radical (unpaired) electrons. The summed E-state index contributed by atoms with van der Waals surface area (Å²) in [5.41, 5.74) is 0.601. The van der Waals surface area contributed by atoms with Crippen LogP contribution in [0, 0.1) is 0 Å². The van der Waals surface area contributed by atoms with Crippen LogP contribution >= 0.6 is 0 Å². The molecule has 1 aromatic carbocycles. The van der Waals surface area contributed by atoms with Gasteiger partial charge in [0.1, 0.15) is 5.69 Å². The molecule has 23 heavy (non-hydrogen) atoms. The van der Waals surface area contributed by atoms with Gasteiger partial charge in [0.25, 0.3) is 15.9 Å². The molecule has 1 heterocycles. The number of benzene rings is 1. The number of carboxylic acid groups (broad SMARTS) is 1. The number of nitrogens with zero attached hydrogens (tertiary/aromatic N) is 2. The van der Waals surface area contributed by atoms with E-state index in [4.69, 9.17) is 9.84 Å². The molecule has 0 saturated carbocycles. The van der Waals surface area contributed by atoms with Gasteiger partial charge in [-0.15, -0.1) is 5.10 Å². The number of hydrogen-bond acceptors (Lipinski definition) is 5. The third-order valence-electron chi connectivity index (χ3n) is 3.22. The second kappa shape index (κ2) is 6.29. The predicted molar refractivity (Wildman–Crippen MR) is 83.3 cm³/mol. The summed E-state index contributed by atoms with van der Waals surface area (Å²) in [6.45, 7) is 1.79. The van der Waals surface area contributed by atoms with Crippen LogP contribution < -0.4 is 9.46 Å². The molecule has 9 heteroatoms. The minimum atomic E-state index is -3.98. The van der Waals surface area contributed by atoms with Crippen molar-refractivity contribution in [3.05, 3.63) is 35.5 Å². The van der Waals surface area contributed by atoms with Crippen molar-refractivity contribution >= 4 is 21.7 Å². The lowest BCUT2D eigenvalue weighted by molar-refractivity contribution is 0.0696. The number of aromatic carboxylic acids is 1. The molecule has 1 aromatic heterocycles. The number of nitrogens with one attached hydrogen (secondary N) is 1. The summed E-state index contributed by atoms with van der Waals surface area (Å²) in [5.74, 6) is -1.06. The first-order valence-electron chi connectivity index (χ1n) is 6.75. The van der Waals surface area contributed by atoms with Crippen molar-refractivity contribution in [2.24, 2.45) is 7.05 Å². The highest BCUT2D eigenvalue weighted by Crippen LogP contribution is 2.26. The van der Waals surface area contributed by atoms with Gasteiger partial charge >= 0.3 is 5.97 Å². The molecule has 0 amide bonds. The number of anilines is 1.